The fourth-order valence-corrected chi connectivity index (χ4v) is 1.68. The second kappa shape index (κ2) is 7.52. The van der Waals surface area contributed by atoms with Crippen molar-refractivity contribution in [2.45, 2.75) is 25.2 Å². The van der Waals surface area contributed by atoms with Crippen LogP contribution < -0.4 is 5.46 Å². The molecule has 1 aromatic rings. The smallest absolute Gasteiger partial charge is 0.423 e. The van der Waals surface area contributed by atoms with Crippen molar-refractivity contribution in [3.63, 3.8) is 0 Å². The number of hydrogen-bond donors (Lipinski definition) is 2. The van der Waals surface area contributed by atoms with Gasteiger partial charge in [0.1, 0.15) is 0 Å². The summed E-state index contributed by atoms with van der Waals surface area (Å²) < 4.78 is 0. The monoisotopic (exact) mass is 222 g/mol. The summed E-state index contributed by atoms with van der Waals surface area (Å²) in [4.78, 5) is 0. The maximum atomic E-state index is 8.88. The van der Waals surface area contributed by atoms with E-state index >= 15 is 0 Å². The van der Waals surface area contributed by atoms with Crippen molar-refractivity contribution >= 4 is 71.7 Å². The van der Waals surface area contributed by atoms with Gasteiger partial charge in [0.05, 0.1) is 0 Å². The summed E-state index contributed by atoms with van der Waals surface area (Å²) in [5, 5.41) is 17.8. The van der Waals surface area contributed by atoms with Crippen LogP contribution in [0, 0.1) is 0 Å². The molecule has 1 aromatic carbocycles. The van der Waals surface area contributed by atoms with Crippen LogP contribution in [-0.4, -0.2) is 76.3 Å². The molecule has 0 amide bonds. The summed E-state index contributed by atoms with van der Waals surface area (Å²) in [7, 11) is -1.34. The standard InChI is InChI=1S/C10H13BO2.2Na/c12-11(13)10-6-4-9(5-7-10)8-2-1-3-8;;/h4-8,12-13H,1-3H2;;. The molecule has 0 bridgehead atoms. The zero-order valence-electron chi connectivity index (χ0n) is 9.48. The van der Waals surface area contributed by atoms with Crippen molar-refractivity contribution in [2.75, 3.05) is 0 Å². The molecule has 15 heavy (non-hydrogen) atoms. The van der Waals surface area contributed by atoms with Gasteiger partial charge in [-0.05, 0) is 29.8 Å². The van der Waals surface area contributed by atoms with Gasteiger partial charge in [-0.15, -0.1) is 0 Å². The quantitative estimate of drug-likeness (QED) is 0.684. The van der Waals surface area contributed by atoms with E-state index in [9.17, 15) is 0 Å². The Morgan fingerprint density at radius 2 is 1.53 bits per heavy atom. The van der Waals surface area contributed by atoms with Gasteiger partial charge in [-0.1, -0.05) is 30.7 Å². The second-order valence-electron chi connectivity index (χ2n) is 3.67. The van der Waals surface area contributed by atoms with Crippen LogP contribution in [0.4, 0.5) is 0 Å². The number of hydrogen-bond acceptors (Lipinski definition) is 2. The molecular formula is C10H13BNa2O2. The minimum Gasteiger partial charge on any atom is -0.423 e. The minimum atomic E-state index is -1.34. The summed E-state index contributed by atoms with van der Waals surface area (Å²) in [5.74, 6) is 0.713. The Labute approximate surface area is 135 Å². The van der Waals surface area contributed by atoms with E-state index in [4.69, 9.17) is 10.0 Å². The first-order valence-corrected chi connectivity index (χ1v) is 4.73. The molecule has 70 valence electrons. The minimum absolute atomic E-state index is 0. The molecule has 0 aliphatic heterocycles. The Kier molecular flexibility index (Phi) is 8.12. The van der Waals surface area contributed by atoms with Gasteiger partial charge in [0, 0.05) is 59.1 Å². The van der Waals surface area contributed by atoms with E-state index in [0.717, 1.165) is 0 Å². The third kappa shape index (κ3) is 4.17. The fraction of sp³-hybridized carbons (Fsp3) is 0.400. The summed E-state index contributed by atoms with van der Waals surface area (Å²) in [6.07, 6.45) is 3.89. The maximum Gasteiger partial charge on any atom is 0.488 e. The third-order valence-corrected chi connectivity index (χ3v) is 2.81. The first kappa shape index (κ1) is 16.2. The number of rotatable bonds is 2. The predicted octanol–water partition coefficient (Wildman–Crippen LogP) is -0.128. The van der Waals surface area contributed by atoms with Crippen molar-refractivity contribution in [3.05, 3.63) is 29.8 Å². The van der Waals surface area contributed by atoms with Crippen LogP contribution in [0.15, 0.2) is 24.3 Å². The topological polar surface area (TPSA) is 40.5 Å². The zero-order valence-corrected chi connectivity index (χ0v) is 13.5. The molecule has 1 fully saturated rings. The Balaban J connectivity index is 0.000000980. The molecule has 2 radical (unpaired) electrons. The van der Waals surface area contributed by atoms with E-state index < -0.39 is 7.12 Å². The Morgan fingerprint density at radius 1 is 1.00 bits per heavy atom. The Morgan fingerprint density at radius 3 is 1.87 bits per heavy atom. The van der Waals surface area contributed by atoms with Crippen LogP contribution >= 0.6 is 0 Å². The molecule has 2 nitrogen and oxygen atoms in total. The molecule has 1 saturated carbocycles. The average Bonchev–Trinajstić information content (AvgIpc) is 2.02. The van der Waals surface area contributed by atoms with Gasteiger partial charge in [-0.2, -0.15) is 0 Å². The summed E-state index contributed by atoms with van der Waals surface area (Å²) >= 11 is 0. The van der Waals surface area contributed by atoms with E-state index in [-0.39, 0.29) is 59.1 Å². The second-order valence-corrected chi connectivity index (χ2v) is 3.67. The predicted molar refractivity (Wildman–Crippen MR) is 64.4 cm³/mol. The van der Waals surface area contributed by atoms with Crippen molar-refractivity contribution < 1.29 is 10.0 Å². The normalized spacial score (nSPS) is 14.5. The SMILES string of the molecule is OB(O)c1ccc(C2CCC2)cc1.[Na].[Na]. The largest absolute Gasteiger partial charge is 0.488 e. The van der Waals surface area contributed by atoms with E-state index in [2.05, 4.69) is 0 Å². The van der Waals surface area contributed by atoms with Gasteiger partial charge in [-0.25, -0.2) is 0 Å². The molecule has 0 heterocycles. The zero-order chi connectivity index (χ0) is 9.26. The van der Waals surface area contributed by atoms with Crippen molar-refractivity contribution in [3.8, 4) is 0 Å². The summed E-state index contributed by atoms with van der Waals surface area (Å²) in [6, 6.07) is 7.58. The fourth-order valence-electron chi connectivity index (χ4n) is 1.68. The van der Waals surface area contributed by atoms with Crippen LogP contribution in [0.1, 0.15) is 30.7 Å². The molecule has 0 saturated heterocycles. The molecule has 0 atom stereocenters. The summed E-state index contributed by atoms with van der Waals surface area (Å²) in [6.45, 7) is 0. The third-order valence-electron chi connectivity index (χ3n) is 2.81. The Bertz CT molecular complexity index is 286. The van der Waals surface area contributed by atoms with Gasteiger partial charge < -0.3 is 10.0 Å². The van der Waals surface area contributed by atoms with Gasteiger partial charge in [-0.3, -0.25) is 0 Å². The van der Waals surface area contributed by atoms with Gasteiger partial charge in [0.2, 0.25) is 0 Å². The van der Waals surface area contributed by atoms with E-state index in [1.807, 2.05) is 12.1 Å². The van der Waals surface area contributed by atoms with E-state index in [1.54, 1.807) is 12.1 Å². The Hall–Kier alpha value is 1.20. The van der Waals surface area contributed by atoms with Crippen LogP contribution in [0.25, 0.3) is 0 Å². The van der Waals surface area contributed by atoms with E-state index in [0.29, 0.717) is 11.4 Å². The molecule has 0 spiro atoms. The van der Waals surface area contributed by atoms with E-state index in [1.165, 1.54) is 24.8 Å². The average molecular weight is 222 g/mol. The summed E-state index contributed by atoms with van der Waals surface area (Å²) in [5.41, 5.74) is 1.90. The van der Waals surface area contributed by atoms with Crippen LogP contribution in [0.5, 0.6) is 0 Å². The molecule has 0 unspecified atom stereocenters. The van der Waals surface area contributed by atoms with Crippen LogP contribution in [0.3, 0.4) is 0 Å². The number of benzene rings is 1. The van der Waals surface area contributed by atoms with Crippen LogP contribution in [-0.2, 0) is 0 Å². The van der Waals surface area contributed by atoms with Gasteiger partial charge in [0.25, 0.3) is 0 Å². The molecule has 2 rings (SSSR count). The van der Waals surface area contributed by atoms with Crippen molar-refractivity contribution in [2.24, 2.45) is 0 Å². The molecule has 0 aromatic heterocycles. The molecule has 5 heteroatoms. The van der Waals surface area contributed by atoms with Gasteiger partial charge in [0.15, 0.2) is 0 Å². The van der Waals surface area contributed by atoms with Gasteiger partial charge >= 0.3 is 7.12 Å². The molecule has 1 aliphatic carbocycles. The maximum absolute atomic E-state index is 8.88. The van der Waals surface area contributed by atoms with Crippen LogP contribution in [0.2, 0.25) is 0 Å². The molecular weight excluding hydrogens is 209 g/mol. The van der Waals surface area contributed by atoms with Crippen molar-refractivity contribution in [1.29, 1.82) is 0 Å². The first-order valence-electron chi connectivity index (χ1n) is 4.73. The molecule has 2 N–H and O–H groups in total. The molecule has 1 aliphatic rings. The van der Waals surface area contributed by atoms with Crippen molar-refractivity contribution in [1.82, 2.24) is 0 Å². The first-order chi connectivity index (χ1) is 6.27.